The van der Waals surface area contributed by atoms with Crippen molar-refractivity contribution in [1.29, 1.82) is 0 Å². The molecule has 1 aliphatic carbocycles. The molecule has 0 radical (unpaired) electrons. The lowest BCUT2D eigenvalue weighted by molar-refractivity contribution is 0.663. The summed E-state index contributed by atoms with van der Waals surface area (Å²) >= 11 is 0. The lowest BCUT2D eigenvalue weighted by atomic mass is 9.67. The minimum atomic E-state index is -0.461. The van der Waals surface area contributed by atoms with Gasteiger partial charge in [0.05, 0.1) is 5.41 Å². The van der Waals surface area contributed by atoms with Gasteiger partial charge in [-0.15, -0.1) is 0 Å². The third-order valence-corrected chi connectivity index (χ3v) is 13.8. The van der Waals surface area contributed by atoms with Crippen LogP contribution in [0.2, 0.25) is 0 Å². The molecule has 0 unspecified atom stereocenters. The number of fused-ring (bicyclic) bond motifs is 2. The number of rotatable bonds is 8. The zero-order valence-electron chi connectivity index (χ0n) is 35.5. The highest BCUT2D eigenvalue weighted by atomic mass is 16.3. The minimum Gasteiger partial charge on any atom is -0.456 e. The molecule has 12 aromatic rings. The molecule has 0 fully saturated rings. The SMILES string of the molecule is c1ccc(C2(c3ccc(-c4ccc(N(c5ccc(-c6cccc7ccccc67)cc5)c5ccc(-c6cccc7ccccc67)cc5)cc4)cc3)c3cccc4oc5cccc2c5c34)cc1. The van der Waals surface area contributed by atoms with E-state index in [1.807, 2.05) is 0 Å². The van der Waals surface area contributed by atoms with E-state index in [-0.39, 0.29) is 0 Å². The van der Waals surface area contributed by atoms with Crippen molar-refractivity contribution in [3.8, 4) is 33.4 Å². The molecule has 2 heteroatoms. The Labute approximate surface area is 377 Å². The first-order valence-corrected chi connectivity index (χ1v) is 22.4. The molecule has 0 saturated heterocycles. The van der Waals surface area contributed by atoms with E-state index in [0.717, 1.165) is 33.8 Å². The Balaban J connectivity index is 0.880. The number of anilines is 3. The Bertz CT molecular complexity index is 3540. The molecular formula is C63H41NO. The largest absolute Gasteiger partial charge is 0.456 e. The van der Waals surface area contributed by atoms with E-state index in [1.165, 1.54) is 82.4 Å². The van der Waals surface area contributed by atoms with Crippen LogP contribution in [-0.2, 0) is 5.41 Å². The zero-order chi connectivity index (χ0) is 42.9. The van der Waals surface area contributed by atoms with Gasteiger partial charge in [-0.1, -0.05) is 200 Å². The average molecular weight is 828 g/mol. The van der Waals surface area contributed by atoms with Crippen molar-refractivity contribution in [1.82, 2.24) is 0 Å². The predicted molar refractivity (Wildman–Crippen MR) is 272 cm³/mol. The molecule has 65 heavy (non-hydrogen) atoms. The topological polar surface area (TPSA) is 16.4 Å². The van der Waals surface area contributed by atoms with Crippen LogP contribution in [0.1, 0.15) is 22.3 Å². The van der Waals surface area contributed by atoms with Crippen molar-refractivity contribution < 1.29 is 4.42 Å². The summed E-state index contributed by atoms with van der Waals surface area (Å²) in [4.78, 5) is 2.36. The smallest absolute Gasteiger partial charge is 0.135 e. The zero-order valence-corrected chi connectivity index (χ0v) is 35.5. The first-order valence-electron chi connectivity index (χ1n) is 22.4. The average Bonchev–Trinajstić information content (AvgIpc) is 3.93. The minimum absolute atomic E-state index is 0.461. The van der Waals surface area contributed by atoms with Gasteiger partial charge in [0.15, 0.2) is 0 Å². The summed E-state index contributed by atoms with van der Waals surface area (Å²) < 4.78 is 6.37. The van der Waals surface area contributed by atoms with Crippen LogP contribution in [0.15, 0.2) is 253 Å². The van der Waals surface area contributed by atoms with E-state index in [2.05, 4.69) is 254 Å². The van der Waals surface area contributed by atoms with Crippen molar-refractivity contribution >= 4 is 60.5 Å². The lowest BCUT2D eigenvalue weighted by Crippen LogP contribution is -2.28. The molecule has 1 aromatic heterocycles. The van der Waals surface area contributed by atoms with Crippen LogP contribution in [0, 0.1) is 0 Å². The van der Waals surface area contributed by atoms with Crippen LogP contribution >= 0.6 is 0 Å². The molecule has 1 aliphatic rings. The van der Waals surface area contributed by atoms with Gasteiger partial charge in [-0.2, -0.15) is 0 Å². The number of hydrogen-bond acceptors (Lipinski definition) is 2. The van der Waals surface area contributed by atoms with E-state index in [1.54, 1.807) is 0 Å². The van der Waals surface area contributed by atoms with E-state index >= 15 is 0 Å². The van der Waals surface area contributed by atoms with E-state index in [4.69, 9.17) is 4.42 Å². The Hall–Kier alpha value is -8.46. The van der Waals surface area contributed by atoms with Crippen LogP contribution in [0.4, 0.5) is 17.1 Å². The summed E-state index contributed by atoms with van der Waals surface area (Å²) in [6.07, 6.45) is 0. The fourth-order valence-corrected chi connectivity index (χ4v) is 10.8. The van der Waals surface area contributed by atoms with Crippen LogP contribution in [0.5, 0.6) is 0 Å². The van der Waals surface area contributed by atoms with Gasteiger partial charge < -0.3 is 9.32 Å². The van der Waals surface area contributed by atoms with E-state index < -0.39 is 5.41 Å². The molecular weight excluding hydrogens is 787 g/mol. The molecule has 0 saturated carbocycles. The highest BCUT2D eigenvalue weighted by molar-refractivity contribution is 6.14. The van der Waals surface area contributed by atoms with Gasteiger partial charge in [0.1, 0.15) is 11.2 Å². The molecule has 0 atom stereocenters. The van der Waals surface area contributed by atoms with E-state index in [0.29, 0.717) is 0 Å². The highest BCUT2D eigenvalue weighted by Crippen LogP contribution is 2.56. The second kappa shape index (κ2) is 14.8. The number of benzene rings is 11. The Kier molecular flexibility index (Phi) is 8.47. The van der Waals surface area contributed by atoms with Gasteiger partial charge in [-0.05, 0) is 126 Å². The fraction of sp³-hybridized carbons (Fsp3) is 0.0159. The molecule has 304 valence electrons. The van der Waals surface area contributed by atoms with Crippen LogP contribution in [0.25, 0.3) is 76.9 Å². The summed E-state index contributed by atoms with van der Waals surface area (Å²) in [6, 6.07) is 90.6. The number of hydrogen-bond donors (Lipinski definition) is 0. The molecule has 11 aromatic carbocycles. The second-order valence-electron chi connectivity index (χ2n) is 17.2. The maximum absolute atomic E-state index is 6.37. The molecule has 1 heterocycles. The van der Waals surface area contributed by atoms with Gasteiger partial charge in [-0.25, -0.2) is 0 Å². The predicted octanol–water partition coefficient (Wildman–Crippen LogP) is 17.1. The maximum atomic E-state index is 6.37. The molecule has 0 amide bonds. The Morgan fingerprint density at radius 3 is 1.17 bits per heavy atom. The monoisotopic (exact) mass is 827 g/mol. The second-order valence-corrected chi connectivity index (χ2v) is 17.2. The van der Waals surface area contributed by atoms with Crippen molar-refractivity contribution in [2.24, 2.45) is 0 Å². The molecule has 2 nitrogen and oxygen atoms in total. The summed E-state index contributed by atoms with van der Waals surface area (Å²) in [5.41, 5.74) is 16.9. The highest BCUT2D eigenvalue weighted by Gasteiger charge is 2.46. The van der Waals surface area contributed by atoms with Crippen molar-refractivity contribution in [3.05, 3.63) is 271 Å². The Morgan fingerprint density at radius 2 is 0.677 bits per heavy atom. The van der Waals surface area contributed by atoms with Gasteiger partial charge in [0.25, 0.3) is 0 Å². The number of furan rings is 1. The third-order valence-electron chi connectivity index (χ3n) is 13.8. The van der Waals surface area contributed by atoms with Crippen LogP contribution in [-0.4, -0.2) is 0 Å². The number of nitrogens with zero attached hydrogens (tertiary/aromatic N) is 1. The standard InChI is InChI=1S/C63H41NO/c1-2-16-48(17-3-1)63(57-22-10-24-59-61(57)62-58(63)23-11-25-60(62)65-59)49-34-26-42(27-35-49)43-28-36-50(37-29-43)64(51-38-30-46(31-39-51)55-20-8-14-44-12-4-6-18-53(44)55)52-40-32-47(33-41-52)56-21-9-15-45-13-5-7-19-54(45)56/h1-41H. The summed E-state index contributed by atoms with van der Waals surface area (Å²) in [6.45, 7) is 0. The Morgan fingerprint density at radius 1 is 0.292 bits per heavy atom. The lowest BCUT2D eigenvalue weighted by Gasteiger charge is -2.34. The summed E-state index contributed by atoms with van der Waals surface area (Å²) in [5.74, 6) is 0. The quantitative estimate of drug-likeness (QED) is 0.152. The molecule has 13 rings (SSSR count). The van der Waals surface area contributed by atoms with E-state index in [9.17, 15) is 0 Å². The van der Waals surface area contributed by atoms with Crippen molar-refractivity contribution in [2.45, 2.75) is 5.41 Å². The molecule has 0 bridgehead atoms. The van der Waals surface area contributed by atoms with Crippen LogP contribution in [0.3, 0.4) is 0 Å². The van der Waals surface area contributed by atoms with Crippen molar-refractivity contribution in [3.63, 3.8) is 0 Å². The summed E-state index contributed by atoms with van der Waals surface area (Å²) in [5, 5.41) is 7.44. The summed E-state index contributed by atoms with van der Waals surface area (Å²) in [7, 11) is 0. The van der Waals surface area contributed by atoms with Gasteiger partial charge >= 0.3 is 0 Å². The first kappa shape index (κ1) is 37.1. The maximum Gasteiger partial charge on any atom is 0.135 e. The molecule has 0 spiro atoms. The fourth-order valence-electron chi connectivity index (χ4n) is 10.8. The van der Waals surface area contributed by atoms with Crippen LogP contribution < -0.4 is 4.90 Å². The molecule has 0 N–H and O–H groups in total. The van der Waals surface area contributed by atoms with Gasteiger partial charge in [0.2, 0.25) is 0 Å². The van der Waals surface area contributed by atoms with Crippen molar-refractivity contribution in [2.75, 3.05) is 4.90 Å². The third kappa shape index (κ3) is 5.81. The van der Waals surface area contributed by atoms with Gasteiger partial charge in [0, 0.05) is 27.8 Å². The normalized spacial score (nSPS) is 12.7. The first-order chi connectivity index (χ1) is 32.2. The van der Waals surface area contributed by atoms with Gasteiger partial charge in [-0.3, -0.25) is 0 Å². The molecule has 0 aliphatic heterocycles.